The van der Waals surface area contributed by atoms with Crippen LogP contribution in [0.1, 0.15) is 5.56 Å². The molecule has 4 heteroatoms. The lowest BCUT2D eigenvalue weighted by Gasteiger charge is -2.02. The van der Waals surface area contributed by atoms with E-state index in [9.17, 15) is 0 Å². The number of hydrogen-bond donors (Lipinski definition) is 0. The molecule has 0 atom stereocenters. The van der Waals surface area contributed by atoms with Crippen LogP contribution in [-0.2, 0) is 4.74 Å². The fourth-order valence-corrected chi connectivity index (χ4v) is 1.71. The van der Waals surface area contributed by atoms with Gasteiger partial charge in [-0.15, -0.1) is 0 Å². The lowest BCUT2D eigenvalue weighted by atomic mass is 10.2. The van der Waals surface area contributed by atoms with Crippen LogP contribution in [0.3, 0.4) is 0 Å². The van der Waals surface area contributed by atoms with E-state index < -0.39 is 0 Å². The molecule has 14 heavy (non-hydrogen) atoms. The Morgan fingerprint density at radius 3 is 2.36 bits per heavy atom. The van der Waals surface area contributed by atoms with Crippen LogP contribution in [0.4, 0.5) is 0 Å². The van der Waals surface area contributed by atoms with Crippen molar-refractivity contribution in [3.63, 3.8) is 0 Å². The van der Waals surface area contributed by atoms with Crippen LogP contribution >= 0.6 is 23.2 Å². The molecule has 1 aliphatic heterocycles. The summed E-state index contributed by atoms with van der Waals surface area (Å²) in [6.45, 7) is 4.17. The monoisotopic (exact) mass is 227 g/mol. The number of hydrogen-bond acceptors (Lipinski definition) is 2. The first-order valence-corrected chi connectivity index (χ1v) is 4.77. The molecule has 1 aromatic rings. The van der Waals surface area contributed by atoms with E-state index in [1.54, 1.807) is 18.2 Å². The van der Waals surface area contributed by atoms with E-state index >= 15 is 0 Å². The quantitative estimate of drug-likeness (QED) is 0.722. The minimum atomic E-state index is 0.499. The average Bonchev–Trinajstić information content (AvgIpc) is 2.50. The lowest BCUT2D eigenvalue weighted by molar-refractivity contribution is 0.442. The van der Waals surface area contributed by atoms with Gasteiger partial charge in [-0.1, -0.05) is 29.8 Å². The molecule has 1 aromatic carbocycles. The van der Waals surface area contributed by atoms with Gasteiger partial charge < -0.3 is 4.74 Å². The average molecular weight is 228 g/mol. The van der Waals surface area contributed by atoms with E-state index in [0.717, 1.165) is 5.56 Å². The maximum Gasteiger partial charge on any atom is 0.222 e. The van der Waals surface area contributed by atoms with Gasteiger partial charge in [-0.05, 0) is 18.2 Å². The van der Waals surface area contributed by atoms with Gasteiger partial charge in [0, 0.05) is 15.6 Å². The van der Waals surface area contributed by atoms with E-state index in [2.05, 4.69) is 11.6 Å². The number of benzene rings is 1. The van der Waals surface area contributed by atoms with Gasteiger partial charge in [0.25, 0.3) is 0 Å². The summed E-state index contributed by atoms with van der Waals surface area (Å²) in [5.74, 6) is 1.16. The topological polar surface area (TPSA) is 21.6 Å². The number of ether oxygens (including phenoxy) is 1. The van der Waals surface area contributed by atoms with Gasteiger partial charge in [0.1, 0.15) is 12.3 Å². The summed E-state index contributed by atoms with van der Waals surface area (Å²) in [4.78, 5) is 4.15. The largest absolute Gasteiger partial charge is 0.442 e. The van der Waals surface area contributed by atoms with Crippen molar-refractivity contribution in [2.75, 3.05) is 6.54 Å². The van der Waals surface area contributed by atoms with Gasteiger partial charge >= 0.3 is 0 Å². The first-order valence-electron chi connectivity index (χ1n) is 4.02. The molecule has 0 radical (unpaired) electrons. The zero-order valence-electron chi connectivity index (χ0n) is 7.26. The van der Waals surface area contributed by atoms with Gasteiger partial charge in [-0.25, -0.2) is 4.99 Å². The van der Waals surface area contributed by atoms with Gasteiger partial charge in [0.15, 0.2) is 0 Å². The van der Waals surface area contributed by atoms with Crippen molar-refractivity contribution in [2.45, 2.75) is 0 Å². The second-order valence-corrected chi connectivity index (χ2v) is 3.79. The van der Waals surface area contributed by atoms with Crippen molar-refractivity contribution in [3.8, 4) is 0 Å². The Morgan fingerprint density at radius 1 is 1.21 bits per heavy atom. The molecule has 0 bridgehead atoms. The van der Waals surface area contributed by atoms with E-state index in [0.29, 0.717) is 28.2 Å². The second-order valence-electron chi connectivity index (χ2n) is 2.92. The summed E-state index contributed by atoms with van der Waals surface area (Å²) in [5, 5.41) is 1.13. The molecule has 1 aliphatic rings. The smallest absolute Gasteiger partial charge is 0.222 e. The Morgan fingerprint density at radius 2 is 1.86 bits per heavy atom. The molecule has 0 aromatic heterocycles. The molecule has 0 amide bonds. The number of aliphatic imine (C=N–C) groups is 1. The minimum absolute atomic E-state index is 0.499. The zero-order valence-corrected chi connectivity index (χ0v) is 8.77. The summed E-state index contributed by atoms with van der Waals surface area (Å²) in [5.41, 5.74) is 0.779. The van der Waals surface area contributed by atoms with Crippen molar-refractivity contribution in [1.82, 2.24) is 0 Å². The summed E-state index contributed by atoms with van der Waals surface area (Å²) in [6.07, 6.45) is 0. The minimum Gasteiger partial charge on any atom is -0.442 e. The molecule has 1 heterocycles. The van der Waals surface area contributed by atoms with E-state index in [1.807, 2.05) is 0 Å². The molecule has 0 unspecified atom stereocenters. The van der Waals surface area contributed by atoms with Crippen molar-refractivity contribution in [3.05, 3.63) is 46.1 Å². The first-order chi connectivity index (χ1) is 6.65. The first kappa shape index (κ1) is 9.56. The normalized spacial score (nSPS) is 15.3. The maximum absolute atomic E-state index is 5.85. The van der Waals surface area contributed by atoms with Gasteiger partial charge in [-0.2, -0.15) is 0 Å². The summed E-state index contributed by atoms with van der Waals surface area (Å²) in [6, 6.07) is 5.17. The number of rotatable bonds is 1. The zero-order chi connectivity index (χ0) is 10.1. The predicted octanol–water partition coefficient (Wildman–Crippen LogP) is 3.28. The highest BCUT2D eigenvalue weighted by atomic mass is 35.5. The van der Waals surface area contributed by atoms with Crippen LogP contribution in [0.2, 0.25) is 10.0 Å². The van der Waals surface area contributed by atoms with Gasteiger partial charge in [0.2, 0.25) is 5.90 Å². The molecule has 0 spiro atoms. The molecule has 0 saturated heterocycles. The van der Waals surface area contributed by atoms with Gasteiger partial charge in [0.05, 0.1) is 0 Å². The van der Waals surface area contributed by atoms with Crippen molar-refractivity contribution >= 4 is 29.1 Å². The Hall–Kier alpha value is -0.990. The van der Waals surface area contributed by atoms with Crippen molar-refractivity contribution in [2.24, 2.45) is 4.99 Å². The molecule has 2 nitrogen and oxygen atoms in total. The third-order valence-electron chi connectivity index (χ3n) is 1.75. The standard InChI is InChI=1S/C10H7Cl2NO/c1-6-5-13-10(14-6)7-2-8(11)4-9(12)3-7/h2-4H,1,5H2. The van der Waals surface area contributed by atoms with E-state index in [4.69, 9.17) is 27.9 Å². The third-order valence-corrected chi connectivity index (χ3v) is 2.19. The second kappa shape index (κ2) is 3.64. The molecular formula is C10H7Cl2NO. The Bertz CT molecular complexity index is 406. The molecule has 0 N–H and O–H groups in total. The fraction of sp³-hybridized carbons (Fsp3) is 0.100. The molecule has 0 aliphatic carbocycles. The number of nitrogens with zero attached hydrogens (tertiary/aromatic N) is 1. The highest BCUT2D eigenvalue weighted by molar-refractivity contribution is 6.35. The fourth-order valence-electron chi connectivity index (χ4n) is 1.19. The highest BCUT2D eigenvalue weighted by Gasteiger charge is 2.14. The van der Waals surface area contributed by atoms with Crippen LogP contribution in [0, 0.1) is 0 Å². The lowest BCUT2D eigenvalue weighted by Crippen LogP contribution is -1.99. The van der Waals surface area contributed by atoms with Crippen LogP contribution in [-0.4, -0.2) is 12.4 Å². The number of halogens is 2. The van der Waals surface area contributed by atoms with Gasteiger partial charge in [-0.3, -0.25) is 0 Å². The van der Waals surface area contributed by atoms with E-state index in [1.165, 1.54) is 0 Å². The van der Waals surface area contributed by atoms with Crippen LogP contribution in [0.25, 0.3) is 0 Å². The molecule has 2 rings (SSSR count). The molecule has 72 valence electrons. The van der Waals surface area contributed by atoms with Crippen LogP contribution < -0.4 is 0 Å². The molecule has 0 fully saturated rings. The summed E-state index contributed by atoms with van der Waals surface area (Å²) < 4.78 is 5.30. The van der Waals surface area contributed by atoms with Crippen molar-refractivity contribution in [1.29, 1.82) is 0 Å². The maximum atomic E-state index is 5.85. The highest BCUT2D eigenvalue weighted by Crippen LogP contribution is 2.22. The molecular weight excluding hydrogens is 221 g/mol. The Kier molecular flexibility index (Phi) is 2.48. The molecule has 0 saturated carbocycles. The van der Waals surface area contributed by atoms with Crippen LogP contribution in [0.5, 0.6) is 0 Å². The SMILES string of the molecule is C=C1CN=C(c2cc(Cl)cc(Cl)c2)O1. The summed E-state index contributed by atoms with van der Waals surface area (Å²) >= 11 is 11.7. The Balaban J connectivity index is 2.37. The van der Waals surface area contributed by atoms with E-state index in [-0.39, 0.29) is 0 Å². The summed E-state index contributed by atoms with van der Waals surface area (Å²) in [7, 11) is 0. The van der Waals surface area contributed by atoms with Crippen LogP contribution in [0.15, 0.2) is 35.5 Å². The predicted molar refractivity (Wildman–Crippen MR) is 58.1 cm³/mol. The van der Waals surface area contributed by atoms with Crippen molar-refractivity contribution < 1.29 is 4.74 Å². The third kappa shape index (κ3) is 1.91. The Labute approximate surface area is 91.8 Å².